The molecule has 4 nitrogen and oxygen atoms in total. The molecule has 2 aromatic rings. The molecule has 5 heteroatoms. The second-order valence-electron chi connectivity index (χ2n) is 5.16. The lowest BCUT2D eigenvalue weighted by molar-refractivity contribution is 0.352. The standard InChI is InChI=1S/C15H18BrN3O/c1-10-5-14(19(2)18-10)9-17-8-12-7-13(16)6-11-3-4-20-15(11)12/h5-7,17H,3-4,8-9H2,1-2H3. The van der Waals surface area contributed by atoms with Crippen molar-refractivity contribution in [1.29, 1.82) is 0 Å². The quantitative estimate of drug-likeness (QED) is 0.933. The van der Waals surface area contributed by atoms with E-state index < -0.39 is 0 Å². The molecule has 0 aliphatic carbocycles. The minimum absolute atomic E-state index is 0.791. The minimum Gasteiger partial charge on any atom is -0.493 e. The molecule has 1 N–H and O–H groups in total. The van der Waals surface area contributed by atoms with Gasteiger partial charge in [-0.3, -0.25) is 4.68 Å². The van der Waals surface area contributed by atoms with E-state index in [-0.39, 0.29) is 0 Å². The maximum Gasteiger partial charge on any atom is 0.127 e. The molecular weight excluding hydrogens is 318 g/mol. The molecule has 0 bridgehead atoms. The molecule has 0 unspecified atom stereocenters. The highest BCUT2D eigenvalue weighted by atomic mass is 79.9. The zero-order valence-corrected chi connectivity index (χ0v) is 13.3. The van der Waals surface area contributed by atoms with E-state index in [1.54, 1.807) is 0 Å². The van der Waals surface area contributed by atoms with Crippen LogP contribution in [0.25, 0.3) is 0 Å². The molecule has 0 spiro atoms. The van der Waals surface area contributed by atoms with Crippen molar-refractivity contribution in [2.45, 2.75) is 26.4 Å². The van der Waals surface area contributed by atoms with Gasteiger partial charge in [-0.05, 0) is 30.7 Å². The van der Waals surface area contributed by atoms with Crippen molar-refractivity contribution < 1.29 is 4.74 Å². The van der Waals surface area contributed by atoms with E-state index >= 15 is 0 Å². The number of benzene rings is 1. The van der Waals surface area contributed by atoms with Crippen LogP contribution in [-0.2, 0) is 26.6 Å². The van der Waals surface area contributed by atoms with Crippen LogP contribution in [0.3, 0.4) is 0 Å². The summed E-state index contributed by atoms with van der Waals surface area (Å²) in [5.74, 6) is 1.06. The molecule has 20 heavy (non-hydrogen) atoms. The van der Waals surface area contributed by atoms with E-state index in [0.717, 1.165) is 42.0 Å². The predicted octanol–water partition coefficient (Wildman–Crippen LogP) is 2.72. The fourth-order valence-corrected chi connectivity index (χ4v) is 3.18. The number of rotatable bonds is 4. The summed E-state index contributed by atoms with van der Waals surface area (Å²) >= 11 is 3.57. The Bertz CT molecular complexity index is 636. The fourth-order valence-electron chi connectivity index (χ4n) is 2.63. The van der Waals surface area contributed by atoms with Gasteiger partial charge in [0.1, 0.15) is 5.75 Å². The monoisotopic (exact) mass is 335 g/mol. The number of aryl methyl sites for hydroxylation is 2. The van der Waals surface area contributed by atoms with Crippen molar-refractivity contribution in [2.24, 2.45) is 7.05 Å². The van der Waals surface area contributed by atoms with Crippen molar-refractivity contribution in [3.8, 4) is 5.75 Å². The van der Waals surface area contributed by atoms with Gasteiger partial charge in [-0.15, -0.1) is 0 Å². The van der Waals surface area contributed by atoms with Gasteiger partial charge in [0.2, 0.25) is 0 Å². The highest BCUT2D eigenvalue weighted by Gasteiger charge is 2.17. The van der Waals surface area contributed by atoms with Gasteiger partial charge in [0.25, 0.3) is 0 Å². The number of fused-ring (bicyclic) bond motifs is 1. The van der Waals surface area contributed by atoms with Crippen LogP contribution in [0.15, 0.2) is 22.7 Å². The zero-order valence-electron chi connectivity index (χ0n) is 11.7. The Morgan fingerprint density at radius 2 is 2.20 bits per heavy atom. The molecule has 1 aromatic carbocycles. The molecule has 0 amide bonds. The first-order chi connectivity index (χ1) is 9.63. The second-order valence-corrected chi connectivity index (χ2v) is 6.07. The lowest BCUT2D eigenvalue weighted by atomic mass is 10.1. The number of halogens is 1. The zero-order chi connectivity index (χ0) is 14.1. The molecule has 0 radical (unpaired) electrons. The average Bonchev–Trinajstić information content (AvgIpc) is 2.96. The average molecular weight is 336 g/mol. The third kappa shape index (κ3) is 2.74. The summed E-state index contributed by atoms with van der Waals surface area (Å²) in [6.07, 6.45) is 1.00. The topological polar surface area (TPSA) is 39.1 Å². The van der Waals surface area contributed by atoms with Crippen LogP contribution in [0.5, 0.6) is 5.75 Å². The van der Waals surface area contributed by atoms with Gasteiger partial charge in [-0.2, -0.15) is 5.10 Å². The number of hydrogen-bond acceptors (Lipinski definition) is 3. The normalized spacial score (nSPS) is 13.3. The number of nitrogens with one attached hydrogen (secondary N) is 1. The van der Waals surface area contributed by atoms with Gasteiger partial charge < -0.3 is 10.1 Å². The first-order valence-corrected chi connectivity index (χ1v) is 7.57. The Hall–Kier alpha value is -1.33. The van der Waals surface area contributed by atoms with Crippen molar-refractivity contribution in [3.63, 3.8) is 0 Å². The van der Waals surface area contributed by atoms with Crippen molar-refractivity contribution in [1.82, 2.24) is 15.1 Å². The summed E-state index contributed by atoms with van der Waals surface area (Å²) in [5, 5.41) is 7.82. The summed E-state index contributed by atoms with van der Waals surface area (Å²) < 4.78 is 8.78. The first kappa shape index (κ1) is 13.6. The van der Waals surface area contributed by atoms with Gasteiger partial charge in [-0.25, -0.2) is 0 Å². The highest BCUT2D eigenvalue weighted by molar-refractivity contribution is 9.10. The van der Waals surface area contributed by atoms with Gasteiger partial charge in [0, 0.05) is 36.6 Å². The summed E-state index contributed by atoms with van der Waals surface area (Å²) in [7, 11) is 1.98. The summed E-state index contributed by atoms with van der Waals surface area (Å²) in [5.41, 5.74) is 4.75. The van der Waals surface area contributed by atoms with E-state index in [9.17, 15) is 0 Å². The maximum atomic E-state index is 5.74. The third-order valence-corrected chi connectivity index (χ3v) is 4.00. The van der Waals surface area contributed by atoms with Crippen molar-refractivity contribution >= 4 is 15.9 Å². The van der Waals surface area contributed by atoms with Crippen LogP contribution in [-0.4, -0.2) is 16.4 Å². The van der Waals surface area contributed by atoms with E-state index in [1.165, 1.54) is 16.8 Å². The van der Waals surface area contributed by atoms with Gasteiger partial charge in [-0.1, -0.05) is 15.9 Å². The third-order valence-electron chi connectivity index (χ3n) is 3.55. The van der Waals surface area contributed by atoms with Crippen LogP contribution in [0, 0.1) is 6.92 Å². The summed E-state index contributed by atoms with van der Waals surface area (Å²) in [6, 6.07) is 6.39. The fraction of sp³-hybridized carbons (Fsp3) is 0.400. The number of nitrogens with zero attached hydrogens (tertiary/aromatic N) is 2. The maximum absolute atomic E-state index is 5.74. The lowest BCUT2D eigenvalue weighted by Gasteiger charge is -2.10. The molecule has 0 saturated carbocycles. The number of ether oxygens (including phenoxy) is 1. The SMILES string of the molecule is Cc1cc(CNCc2cc(Br)cc3c2OCC3)n(C)n1. The predicted molar refractivity (Wildman–Crippen MR) is 81.8 cm³/mol. The van der Waals surface area contributed by atoms with Crippen LogP contribution in [0.4, 0.5) is 0 Å². The lowest BCUT2D eigenvalue weighted by Crippen LogP contribution is -2.15. The Balaban J connectivity index is 1.69. The first-order valence-electron chi connectivity index (χ1n) is 6.78. The van der Waals surface area contributed by atoms with Crippen molar-refractivity contribution in [3.05, 3.63) is 45.2 Å². The molecule has 2 heterocycles. The van der Waals surface area contributed by atoms with E-state index in [4.69, 9.17) is 4.74 Å². The smallest absolute Gasteiger partial charge is 0.127 e. The van der Waals surface area contributed by atoms with Crippen molar-refractivity contribution in [2.75, 3.05) is 6.61 Å². The van der Waals surface area contributed by atoms with E-state index in [0.29, 0.717) is 0 Å². The second kappa shape index (κ2) is 5.58. The number of hydrogen-bond donors (Lipinski definition) is 1. The molecule has 1 aromatic heterocycles. The molecular formula is C15H18BrN3O. The minimum atomic E-state index is 0.791. The molecule has 1 aliphatic rings. The van der Waals surface area contributed by atoms with Gasteiger partial charge >= 0.3 is 0 Å². The summed E-state index contributed by atoms with van der Waals surface area (Å²) in [4.78, 5) is 0. The van der Waals surface area contributed by atoms with Gasteiger partial charge in [0.15, 0.2) is 0 Å². The summed E-state index contributed by atoms with van der Waals surface area (Å²) in [6.45, 7) is 4.41. The largest absolute Gasteiger partial charge is 0.493 e. The molecule has 0 saturated heterocycles. The van der Waals surface area contributed by atoms with Gasteiger partial charge in [0.05, 0.1) is 18.0 Å². The van der Waals surface area contributed by atoms with E-state index in [1.807, 2.05) is 18.7 Å². The Morgan fingerprint density at radius 3 is 2.95 bits per heavy atom. The molecule has 3 rings (SSSR count). The molecule has 106 valence electrons. The van der Waals surface area contributed by atoms with Crippen LogP contribution >= 0.6 is 15.9 Å². The molecule has 0 fully saturated rings. The molecule has 1 aliphatic heterocycles. The van der Waals surface area contributed by atoms with Crippen LogP contribution in [0.1, 0.15) is 22.5 Å². The number of aromatic nitrogens is 2. The molecule has 0 atom stereocenters. The van der Waals surface area contributed by atoms with Crippen LogP contribution < -0.4 is 10.1 Å². The Kier molecular flexibility index (Phi) is 3.81. The Labute approximate surface area is 127 Å². The highest BCUT2D eigenvalue weighted by Crippen LogP contribution is 2.32. The van der Waals surface area contributed by atoms with E-state index in [2.05, 4.69) is 44.5 Å². The van der Waals surface area contributed by atoms with Crippen LogP contribution in [0.2, 0.25) is 0 Å². The Morgan fingerprint density at radius 1 is 1.35 bits per heavy atom.